The molecule has 4 rings (SSSR count). The second-order valence-electron chi connectivity index (χ2n) is 5.53. The topological polar surface area (TPSA) is 43.6 Å². The van der Waals surface area contributed by atoms with Gasteiger partial charge in [0.25, 0.3) is 0 Å². The summed E-state index contributed by atoms with van der Waals surface area (Å²) in [7, 11) is 1.94. The first-order valence-electron chi connectivity index (χ1n) is 7.45. The van der Waals surface area contributed by atoms with Crippen molar-refractivity contribution >= 4 is 28.8 Å². The highest BCUT2D eigenvalue weighted by Gasteiger charge is 2.26. The molecule has 0 saturated carbocycles. The lowest BCUT2D eigenvalue weighted by Crippen LogP contribution is -2.07. The minimum atomic E-state index is -0.582. The summed E-state index contributed by atoms with van der Waals surface area (Å²) in [4.78, 5) is 16.3. The Hall–Kier alpha value is -3.21. The van der Waals surface area contributed by atoms with E-state index in [0.717, 1.165) is 16.5 Å². The van der Waals surface area contributed by atoms with E-state index in [2.05, 4.69) is 4.99 Å². The van der Waals surface area contributed by atoms with Crippen LogP contribution in [-0.2, 0) is 16.6 Å². The summed E-state index contributed by atoms with van der Waals surface area (Å²) in [6.45, 7) is 0. The minimum absolute atomic E-state index is 0.00964. The van der Waals surface area contributed by atoms with E-state index in [1.165, 1.54) is 12.1 Å². The molecule has 4 nitrogen and oxygen atoms in total. The third-order valence-corrected chi connectivity index (χ3v) is 3.94. The van der Waals surface area contributed by atoms with Crippen molar-refractivity contribution < 1.29 is 13.9 Å². The van der Waals surface area contributed by atoms with E-state index in [1.807, 2.05) is 42.1 Å². The molecule has 2 heterocycles. The van der Waals surface area contributed by atoms with Crippen LogP contribution in [0.25, 0.3) is 17.0 Å². The maximum absolute atomic E-state index is 13.8. The van der Waals surface area contributed by atoms with E-state index in [1.54, 1.807) is 18.2 Å². The molecule has 0 amide bonds. The van der Waals surface area contributed by atoms with Gasteiger partial charge < -0.3 is 9.30 Å². The second kappa shape index (κ2) is 5.45. The Kier molecular flexibility index (Phi) is 3.27. The van der Waals surface area contributed by atoms with Gasteiger partial charge in [-0.3, -0.25) is 0 Å². The molecule has 24 heavy (non-hydrogen) atoms. The van der Waals surface area contributed by atoms with Crippen molar-refractivity contribution in [1.82, 2.24) is 4.57 Å². The van der Waals surface area contributed by atoms with Gasteiger partial charge in [0.05, 0.1) is 5.56 Å². The van der Waals surface area contributed by atoms with Crippen molar-refractivity contribution in [3.63, 3.8) is 0 Å². The maximum atomic E-state index is 13.8. The monoisotopic (exact) mass is 320 g/mol. The normalized spacial score (nSPS) is 15.8. The Balaban J connectivity index is 1.80. The molecule has 1 aromatic heterocycles. The Morgan fingerprint density at radius 1 is 1.12 bits per heavy atom. The Labute approximate surface area is 137 Å². The van der Waals surface area contributed by atoms with Gasteiger partial charge in [-0.2, -0.15) is 0 Å². The molecule has 0 bridgehead atoms. The highest BCUT2D eigenvalue weighted by Crippen LogP contribution is 2.25. The number of para-hydroxylation sites is 1. The summed E-state index contributed by atoms with van der Waals surface area (Å²) in [6.07, 6.45) is 3.58. The van der Waals surface area contributed by atoms with Crippen LogP contribution in [0.4, 0.5) is 4.39 Å². The van der Waals surface area contributed by atoms with Crippen molar-refractivity contribution in [3.8, 4) is 0 Å². The fraction of sp³-hybridized carbons (Fsp3) is 0.0526. The van der Waals surface area contributed by atoms with Gasteiger partial charge in [-0.1, -0.05) is 30.3 Å². The van der Waals surface area contributed by atoms with E-state index in [4.69, 9.17) is 4.74 Å². The van der Waals surface area contributed by atoms with Crippen LogP contribution >= 0.6 is 0 Å². The predicted molar refractivity (Wildman–Crippen MR) is 89.9 cm³/mol. The van der Waals surface area contributed by atoms with Crippen molar-refractivity contribution in [2.24, 2.45) is 12.0 Å². The van der Waals surface area contributed by atoms with Gasteiger partial charge in [-0.05, 0) is 24.3 Å². The number of rotatable bonds is 2. The molecule has 1 aliphatic rings. The molecule has 1 aliphatic heterocycles. The molecule has 0 unspecified atom stereocenters. The molecule has 0 atom stereocenters. The zero-order valence-corrected chi connectivity index (χ0v) is 12.9. The van der Waals surface area contributed by atoms with E-state index >= 15 is 0 Å². The van der Waals surface area contributed by atoms with E-state index < -0.39 is 11.8 Å². The van der Waals surface area contributed by atoms with Gasteiger partial charge >= 0.3 is 5.97 Å². The van der Waals surface area contributed by atoms with Gasteiger partial charge in [-0.25, -0.2) is 14.2 Å². The van der Waals surface area contributed by atoms with Crippen LogP contribution in [0, 0.1) is 5.82 Å². The lowest BCUT2D eigenvalue weighted by molar-refractivity contribution is -0.129. The summed E-state index contributed by atoms with van der Waals surface area (Å²) in [5.74, 6) is -1.07. The summed E-state index contributed by atoms with van der Waals surface area (Å²) in [5.41, 5.74) is 2.24. The quantitative estimate of drug-likeness (QED) is 0.534. The third kappa shape index (κ3) is 2.31. The number of hydrogen-bond acceptors (Lipinski definition) is 3. The van der Waals surface area contributed by atoms with Crippen LogP contribution in [0.15, 0.2) is 65.4 Å². The first-order chi connectivity index (χ1) is 11.6. The summed E-state index contributed by atoms with van der Waals surface area (Å²) in [5, 5.41) is 1.01. The number of cyclic esters (lactones) is 1. The summed E-state index contributed by atoms with van der Waals surface area (Å²) in [6, 6.07) is 13.9. The van der Waals surface area contributed by atoms with Crippen LogP contribution in [0.3, 0.4) is 0 Å². The highest BCUT2D eigenvalue weighted by molar-refractivity contribution is 6.13. The van der Waals surface area contributed by atoms with Crippen LogP contribution in [0.2, 0.25) is 0 Å². The Bertz CT molecular complexity index is 1030. The number of esters is 1. The molecule has 0 radical (unpaired) electrons. The lowest BCUT2D eigenvalue weighted by atomic mass is 10.1. The van der Waals surface area contributed by atoms with E-state index in [-0.39, 0.29) is 17.2 Å². The van der Waals surface area contributed by atoms with Crippen LogP contribution in [0.5, 0.6) is 0 Å². The molecule has 0 spiro atoms. The number of fused-ring (bicyclic) bond motifs is 1. The van der Waals surface area contributed by atoms with Crippen LogP contribution in [0.1, 0.15) is 11.1 Å². The molecule has 0 N–H and O–H groups in total. The number of aryl methyl sites for hydroxylation is 1. The molecule has 3 aromatic rings. The van der Waals surface area contributed by atoms with Gasteiger partial charge in [-0.15, -0.1) is 0 Å². The molecule has 0 aliphatic carbocycles. The van der Waals surface area contributed by atoms with Crippen molar-refractivity contribution in [1.29, 1.82) is 0 Å². The minimum Gasteiger partial charge on any atom is -0.402 e. The number of carbonyl (C=O) groups is 1. The van der Waals surface area contributed by atoms with Crippen molar-refractivity contribution in [2.45, 2.75) is 0 Å². The highest BCUT2D eigenvalue weighted by atomic mass is 19.1. The number of aromatic nitrogens is 1. The number of hydrogen-bond donors (Lipinski definition) is 0. The van der Waals surface area contributed by atoms with Gasteiger partial charge in [0.15, 0.2) is 5.70 Å². The fourth-order valence-electron chi connectivity index (χ4n) is 2.79. The van der Waals surface area contributed by atoms with Gasteiger partial charge in [0.2, 0.25) is 5.90 Å². The summed E-state index contributed by atoms with van der Waals surface area (Å²) < 4.78 is 20.9. The molecule has 118 valence electrons. The lowest BCUT2D eigenvalue weighted by Gasteiger charge is -1.99. The average Bonchev–Trinajstić information content (AvgIpc) is 3.10. The predicted octanol–water partition coefficient (Wildman–Crippen LogP) is 3.66. The standard InChI is InChI=1S/C19H13FN2O2/c1-22-11-12(13-6-3-5-9-17(13)22)10-16-19(23)24-18(21-16)14-7-2-4-8-15(14)20/h2-11H,1H3/b16-10-. The zero-order valence-electron chi connectivity index (χ0n) is 12.9. The largest absolute Gasteiger partial charge is 0.402 e. The Morgan fingerprint density at radius 3 is 2.71 bits per heavy atom. The number of carbonyl (C=O) groups excluding carboxylic acids is 1. The average molecular weight is 320 g/mol. The number of nitrogens with zero attached hydrogens (tertiary/aromatic N) is 2. The first kappa shape index (κ1) is 14.4. The molecule has 0 fully saturated rings. The summed E-state index contributed by atoms with van der Waals surface area (Å²) >= 11 is 0. The fourth-order valence-corrected chi connectivity index (χ4v) is 2.79. The first-order valence-corrected chi connectivity index (χ1v) is 7.45. The number of halogens is 1. The van der Waals surface area contributed by atoms with Crippen molar-refractivity contribution in [3.05, 3.63) is 77.4 Å². The van der Waals surface area contributed by atoms with E-state index in [0.29, 0.717) is 0 Å². The Morgan fingerprint density at radius 2 is 1.88 bits per heavy atom. The zero-order chi connectivity index (χ0) is 16.7. The van der Waals surface area contributed by atoms with Crippen molar-refractivity contribution in [2.75, 3.05) is 0 Å². The SMILES string of the molecule is Cn1cc(/C=C2\N=C(c3ccccc3F)OC2=O)c2ccccc21. The molecular weight excluding hydrogens is 307 g/mol. The van der Waals surface area contributed by atoms with Crippen LogP contribution < -0.4 is 0 Å². The molecule has 0 saturated heterocycles. The van der Waals surface area contributed by atoms with Gasteiger partial charge in [0, 0.05) is 29.7 Å². The number of aliphatic imine (C=N–C) groups is 1. The molecule has 2 aromatic carbocycles. The maximum Gasteiger partial charge on any atom is 0.363 e. The van der Waals surface area contributed by atoms with Crippen LogP contribution in [-0.4, -0.2) is 16.4 Å². The molecule has 5 heteroatoms. The molecular formula is C19H13FN2O2. The number of ether oxygens (including phenoxy) is 1. The number of benzene rings is 2. The van der Waals surface area contributed by atoms with Gasteiger partial charge in [0.1, 0.15) is 5.82 Å². The van der Waals surface area contributed by atoms with E-state index in [9.17, 15) is 9.18 Å². The smallest absolute Gasteiger partial charge is 0.363 e. The third-order valence-electron chi connectivity index (χ3n) is 3.94. The second-order valence-corrected chi connectivity index (χ2v) is 5.53.